The van der Waals surface area contributed by atoms with E-state index in [2.05, 4.69) is 0 Å². The summed E-state index contributed by atoms with van der Waals surface area (Å²) < 4.78 is 42.3. The third-order valence-corrected chi connectivity index (χ3v) is 6.93. The lowest BCUT2D eigenvalue weighted by atomic mass is 10.0. The standard InChI is InChI=1S/C22H24FN3O4S/c1-14-21(15-5-4-6-18(11-15)31(29,30)25(2)3)19-8-7-16(22(27)28)12-20(19)26(14)13-17(23)9-10-24/h4-9,11-12H,10,13,24H2,1-3H3,(H,27,28). The average Bonchev–Trinajstić information content (AvgIpc) is 2.99. The number of hydrogen-bond donors (Lipinski definition) is 2. The molecule has 0 fully saturated rings. The van der Waals surface area contributed by atoms with E-state index in [9.17, 15) is 22.7 Å². The lowest BCUT2D eigenvalue weighted by Gasteiger charge is -2.13. The first kappa shape index (κ1) is 22.7. The van der Waals surface area contributed by atoms with Crippen LogP contribution in [-0.2, 0) is 16.6 Å². The summed E-state index contributed by atoms with van der Waals surface area (Å²) in [5, 5.41) is 10.1. The lowest BCUT2D eigenvalue weighted by molar-refractivity contribution is 0.0697. The van der Waals surface area contributed by atoms with Crippen molar-refractivity contribution in [3.8, 4) is 11.1 Å². The minimum absolute atomic E-state index is 0.0434. The molecular formula is C22H24FN3O4S. The van der Waals surface area contributed by atoms with Gasteiger partial charge in [0.1, 0.15) is 5.83 Å². The van der Waals surface area contributed by atoms with Crippen LogP contribution in [0.1, 0.15) is 16.1 Å². The Bertz CT molecular complexity index is 1290. The van der Waals surface area contributed by atoms with E-state index in [1.807, 2.05) is 0 Å². The van der Waals surface area contributed by atoms with Crippen LogP contribution >= 0.6 is 0 Å². The Kier molecular flexibility index (Phi) is 6.30. The molecule has 1 aromatic heterocycles. The van der Waals surface area contributed by atoms with Crippen molar-refractivity contribution in [2.75, 3.05) is 20.6 Å². The van der Waals surface area contributed by atoms with Gasteiger partial charge in [0.15, 0.2) is 0 Å². The molecule has 0 saturated heterocycles. The summed E-state index contributed by atoms with van der Waals surface area (Å²) in [5.41, 5.74) is 8.05. The monoisotopic (exact) mass is 445 g/mol. The summed E-state index contributed by atoms with van der Waals surface area (Å²) in [4.78, 5) is 11.6. The van der Waals surface area contributed by atoms with E-state index in [0.717, 1.165) is 4.31 Å². The number of hydrogen-bond acceptors (Lipinski definition) is 4. The number of fused-ring (bicyclic) bond motifs is 1. The molecule has 9 heteroatoms. The van der Waals surface area contributed by atoms with Crippen molar-refractivity contribution in [1.82, 2.24) is 8.87 Å². The minimum atomic E-state index is -3.65. The van der Waals surface area contributed by atoms with Gasteiger partial charge in [-0.15, -0.1) is 0 Å². The van der Waals surface area contributed by atoms with E-state index in [1.165, 1.54) is 38.4 Å². The van der Waals surface area contributed by atoms with Crippen LogP contribution in [0.4, 0.5) is 4.39 Å². The number of aromatic carboxylic acids is 1. The Morgan fingerprint density at radius 1 is 1.23 bits per heavy atom. The Morgan fingerprint density at radius 3 is 2.55 bits per heavy atom. The molecule has 3 aromatic rings. The first-order valence-corrected chi connectivity index (χ1v) is 11.0. The number of rotatable bonds is 7. The smallest absolute Gasteiger partial charge is 0.335 e. The molecule has 0 aliphatic heterocycles. The van der Waals surface area contributed by atoms with Crippen LogP contribution in [0.25, 0.3) is 22.0 Å². The number of nitrogens with zero attached hydrogens (tertiary/aromatic N) is 2. The van der Waals surface area contributed by atoms with Crippen molar-refractivity contribution in [3.63, 3.8) is 0 Å². The van der Waals surface area contributed by atoms with Crippen LogP contribution in [0.3, 0.4) is 0 Å². The fourth-order valence-electron chi connectivity index (χ4n) is 3.54. The molecule has 0 amide bonds. The normalized spacial score (nSPS) is 12.6. The lowest BCUT2D eigenvalue weighted by Crippen LogP contribution is -2.22. The Labute approximate surface area is 180 Å². The molecule has 0 aliphatic rings. The van der Waals surface area contributed by atoms with Gasteiger partial charge in [0.25, 0.3) is 0 Å². The highest BCUT2D eigenvalue weighted by Gasteiger charge is 2.21. The summed E-state index contributed by atoms with van der Waals surface area (Å²) in [6.45, 7) is 1.72. The van der Waals surface area contributed by atoms with Gasteiger partial charge >= 0.3 is 5.97 Å². The zero-order valence-corrected chi connectivity index (χ0v) is 18.3. The highest BCUT2D eigenvalue weighted by atomic mass is 32.2. The van der Waals surface area contributed by atoms with Gasteiger partial charge in [-0.25, -0.2) is 21.9 Å². The zero-order chi connectivity index (χ0) is 22.9. The number of sulfonamides is 1. The average molecular weight is 446 g/mol. The molecular weight excluding hydrogens is 421 g/mol. The van der Waals surface area contributed by atoms with Gasteiger partial charge in [-0.3, -0.25) is 0 Å². The van der Waals surface area contributed by atoms with Crippen molar-refractivity contribution in [1.29, 1.82) is 0 Å². The van der Waals surface area contributed by atoms with Crippen LogP contribution in [-0.4, -0.2) is 49.0 Å². The van der Waals surface area contributed by atoms with Crippen LogP contribution < -0.4 is 5.73 Å². The predicted octanol–water partition coefficient (Wildman–Crippen LogP) is 3.38. The third kappa shape index (κ3) is 4.25. The number of carboxylic acids is 1. The highest BCUT2D eigenvalue weighted by molar-refractivity contribution is 7.89. The zero-order valence-electron chi connectivity index (χ0n) is 17.5. The second kappa shape index (κ2) is 8.62. The van der Waals surface area contributed by atoms with Gasteiger partial charge in [-0.1, -0.05) is 18.2 Å². The Morgan fingerprint density at radius 2 is 1.94 bits per heavy atom. The van der Waals surface area contributed by atoms with E-state index in [1.54, 1.807) is 35.8 Å². The number of benzene rings is 2. The summed E-state index contributed by atoms with van der Waals surface area (Å²) in [5.74, 6) is -1.54. The first-order valence-electron chi connectivity index (χ1n) is 9.51. The number of halogens is 1. The van der Waals surface area contributed by atoms with E-state index in [0.29, 0.717) is 27.7 Å². The molecule has 0 unspecified atom stereocenters. The molecule has 31 heavy (non-hydrogen) atoms. The van der Waals surface area contributed by atoms with Crippen LogP contribution in [0.5, 0.6) is 0 Å². The molecule has 3 N–H and O–H groups in total. The summed E-state index contributed by atoms with van der Waals surface area (Å²) in [6, 6.07) is 11.1. The summed E-state index contributed by atoms with van der Waals surface area (Å²) in [7, 11) is -0.730. The minimum Gasteiger partial charge on any atom is -0.478 e. The van der Waals surface area contributed by atoms with E-state index in [-0.39, 0.29) is 23.5 Å². The molecule has 7 nitrogen and oxygen atoms in total. The third-order valence-electron chi connectivity index (χ3n) is 5.12. The number of aromatic nitrogens is 1. The van der Waals surface area contributed by atoms with E-state index in [4.69, 9.17) is 5.73 Å². The number of carboxylic acid groups (broad SMARTS) is 1. The van der Waals surface area contributed by atoms with Gasteiger partial charge in [0.05, 0.1) is 22.5 Å². The molecule has 2 aromatic carbocycles. The predicted molar refractivity (Wildman–Crippen MR) is 118 cm³/mol. The number of nitrogens with two attached hydrogens (primary N) is 1. The molecule has 0 atom stereocenters. The highest BCUT2D eigenvalue weighted by Crippen LogP contribution is 2.36. The maximum atomic E-state index is 14.3. The van der Waals surface area contributed by atoms with Crippen molar-refractivity contribution in [3.05, 3.63) is 65.6 Å². The molecule has 1 heterocycles. The van der Waals surface area contributed by atoms with Crippen molar-refractivity contribution < 1.29 is 22.7 Å². The summed E-state index contributed by atoms with van der Waals surface area (Å²) in [6.07, 6.45) is 1.26. The Balaban J connectivity index is 2.30. The van der Waals surface area contributed by atoms with Gasteiger partial charge in [0.2, 0.25) is 10.0 Å². The second-order valence-electron chi connectivity index (χ2n) is 7.29. The van der Waals surface area contributed by atoms with Gasteiger partial charge in [0, 0.05) is 37.3 Å². The topological polar surface area (TPSA) is 106 Å². The number of carbonyl (C=O) groups is 1. The maximum absolute atomic E-state index is 14.3. The van der Waals surface area contributed by atoms with Gasteiger partial charge in [-0.2, -0.15) is 0 Å². The fourth-order valence-corrected chi connectivity index (χ4v) is 4.49. The van der Waals surface area contributed by atoms with Crippen molar-refractivity contribution in [2.45, 2.75) is 18.4 Å². The largest absolute Gasteiger partial charge is 0.478 e. The fraction of sp³-hybridized carbons (Fsp3) is 0.227. The molecule has 0 radical (unpaired) electrons. The molecule has 0 spiro atoms. The molecule has 3 rings (SSSR count). The van der Waals surface area contributed by atoms with Crippen molar-refractivity contribution in [2.24, 2.45) is 5.73 Å². The SMILES string of the molecule is Cc1c(-c2cccc(S(=O)(=O)N(C)C)c2)c2ccc(C(=O)O)cc2n1CC(F)=CCN. The molecule has 0 bridgehead atoms. The first-order chi connectivity index (χ1) is 14.6. The molecule has 164 valence electrons. The van der Waals surface area contributed by atoms with Gasteiger partial charge < -0.3 is 15.4 Å². The Hall–Kier alpha value is -3.01. The number of allylic oxidation sites excluding steroid dienone is 1. The van der Waals surface area contributed by atoms with E-state index >= 15 is 0 Å². The molecule has 0 saturated carbocycles. The van der Waals surface area contributed by atoms with E-state index < -0.39 is 21.8 Å². The second-order valence-corrected chi connectivity index (χ2v) is 9.44. The molecule has 0 aliphatic carbocycles. The van der Waals surface area contributed by atoms with Crippen LogP contribution in [0.2, 0.25) is 0 Å². The maximum Gasteiger partial charge on any atom is 0.335 e. The summed E-state index contributed by atoms with van der Waals surface area (Å²) >= 11 is 0. The van der Waals surface area contributed by atoms with Crippen LogP contribution in [0, 0.1) is 6.92 Å². The van der Waals surface area contributed by atoms with Crippen molar-refractivity contribution >= 4 is 26.9 Å². The quantitative estimate of drug-likeness (QED) is 0.580. The van der Waals surface area contributed by atoms with Crippen LogP contribution in [0.15, 0.2) is 59.3 Å². The van der Waals surface area contributed by atoms with Gasteiger partial charge in [-0.05, 0) is 42.8 Å².